The van der Waals surface area contributed by atoms with Crippen LogP contribution in [0.2, 0.25) is 0 Å². The van der Waals surface area contributed by atoms with Gasteiger partial charge in [0.1, 0.15) is 18.2 Å². The Morgan fingerprint density at radius 3 is 2.92 bits per heavy atom. The Bertz CT molecular complexity index is 286. The Morgan fingerprint density at radius 2 is 2.33 bits per heavy atom. The van der Waals surface area contributed by atoms with Crippen molar-refractivity contribution in [3.05, 3.63) is 36.7 Å². The van der Waals surface area contributed by atoms with E-state index in [0.717, 1.165) is 0 Å². The quantitative estimate of drug-likeness (QED) is 0.551. The summed E-state index contributed by atoms with van der Waals surface area (Å²) in [5, 5.41) is 0. The minimum absolute atomic E-state index is 0.303. The van der Waals surface area contributed by atoms with Gasteiger partial charge in [-0.2, -0.15) is 0 Å². The molecule has 0 saturated carbocycles. The first-order chi connectivity index (χ1) is 5.74. The lowest BCUT2D eigenvalue weighted by molar-refractivity contribution is 0.364. The van der Waals surface area contributed by atoms with Crippen LogP contribution in [-0.2, 0) is 0 Å². The van der Waals surface area contributed by atoms with Crippen LogP contribution in [0.15, 0.2) is 30.9 Å². The van der Waals surface area contributed by atoms with Crippen molar-refractivity contribution in [2.45, 2.75) is 0 Å². The Kier molecular flexibility index (Phi) is 2.69. The van der Waals surface area contributed by atoms with Crippen molar-refractivity contribution in [1.29, 1.82) is 0 Å². The third-order valence-corrected chi connectivity index (χ3v) is 1.33. The van der Waals surface area contributed by atoms with Crippen molar-refractivity contribution in [1.82, 2.24) is 0 Å². The molecule has 0 amide bonds. The van der Waals surface area contributed by atoms with Crippen molar-refractivity contribution >= 4 is 5.69 Å². The zero-order chi connectivity index (χ0) is 8.97. The summed E-state index contributed by atoms with van der Waals surface area (Å²) < 4.78 is 17.6. The van der Waals surface area contributed by atoms with Crippen LogP contribution in [0, 0.1) is 5.82 Å². The molecule has 0 radical (unpaired) electrons. The molecular formula is C9H10FNO. The summed E-state index contributed by atoms with van der Waals surface area (Å²) in [6.07, 6.45) is 1.60. The molecule has 0 bridgehead atoms. The van der Waals surface area contributed by atoms with E-state index in [9.17, 15) is 4.39 Å². The van der Waals surface area contributed by atoms with Crippen LogP contribution in [0.3, 0.4) is 0 Å². The summed E-state index contributed by atoms with van der Waals surface area (Å²) in [4.78, 5) is 0. The molecule has 1 rings (SSSR count). The van der Waals surface area contributed by atoms with Gasteiger partial charge in [-0.15, -0.1) is 0 Å². The molecule has 3 heteroatoms. The fraction of sp³-hybridized carbons (Fsp3) is 0.111. The lowest BCUT2D eigenvalue weighted by atomic mass is 10.3. The van der Waals surface area contributed by atoms with Crippen molar-refractivity contribution in [3.8, 4) is 5.75 Å². The molecule has 0 atom stereocenters. The standard InChI is InChI=1S/C9H10FNO/c1-2-5-12-9-4-3-7(10)6-8(9)11/h2-4,6H,1,5,11H2. The van der Waals surface area contributed by atoms with Crippen LogP contribution in [0.4, 0.5) is 10.1 Å². The van der Waals surface area contributed by atoms with Crippen LogP contribution >= 0.6 is 0 Å². The molecule has 0 heterocycles. The SMILES string of the molecule is C=CCOc1ccc(F)cc1N. The average Bonchev–Trinajstić information content (AvgIpc) is 2.03. The highest BCUT2D eigenvalue weighted by Gasteiger charge is 1.99. The molecule has 2 nitrogen and oxygen atoms in total. The normalized spacial score (nSPS) is 9.42. The first-order valence-corrected chi connectivity index (χ1v) is 3.52. The Hall–Kier alpha value is -1.51. The van der Waals surface area contributed by atoms with E-state index in [-0.39, 0.29) is 5.82 Å². The molecule has 64 valence electrons. The third-order valence-electron chi connectivity index (χ3n) is 1.33. The van der Waals surface area contributed by atoms with Gasteiger partial charge in [-0.05, 0) is 12.1 Å². The fourth-order valence-corrected chi connectivity index (χ4v) is 0.799. The maximum atomic E-state index is 12.5. The van der Waals surface area contributed by atoms with E-state index in [0.29, 0.717) is 18.0 Å². The molecular weight excluding hydrogens is 157 g/mol. The van der Waals surface area contributed by atoms with Crippen molar-refractivity contribution in [2.24, 2.45) is 0 Å². The molecule has 0 saturated heterocycles. The monoisotopic (exact) mass is 167 g/mol. The van der Waals surface area contributed by atoms with Crippen molar-refractivity contribution in [2.75, 3.05) is 12.3 Å². The van der Waals surface area contributed by atoms with E-state index in [4.69, 9.17) is 10.5 Å². The molecule has 0 aromatic heterocycles. The summed E-state index contributed by atoms with van der Waals surface area (Å²) >= 11 is 0. The van der Waals surface area contributed by atoms with Crippen LogP contribution in [0.5, 0.6) is 5.75 Å². The summed E-state index contributed by atoms with van der Waals surface area (Å²) in [6, 6.07) is 4.02. The van der Waals surface area contributed by atoms with Crippen molar-refractivity contribution in [3.63, 3.8) is 0 Å². The number of hydrogen-bond donors (Lipinski definition) is 1. The maximum absolute atomic E-state index is 12.5. The molecule has 0 fully saturated rings. The van der Waals surface area contributed by atoms with Crippen LogP contribution < -0.4 is 10.5 Å². The molecule has 12 heavy (non-hydrogen) atoms. The molecule has 0 spiro atoms. The fourth-order valence-electron chi connectivity index (χ4n) is 0.799. The summed E-state index contributed by atoms with van der Waals surface area (Å²) in [6.45, 7) is 3.85. The summed E-state index contributed by atoms with van der Waals surface area (Å²) in [5.74, 6) is 0.120. The third kappa shape index (κ3) is 1.99. The minimum Gasteiger partial charge on any atom is -0.487 e. The van der Waals surface area contributed by atoms with Gasteiger partial charge in [0.15, 0.2) is 0 Å². The molecule has 1 aromatic carbocycles. The minimum atomic E-state index is -0.363. The molecule has 0 unspecified atom stereocenters. The van der Waals surface area contributed by atoms with Gasteiger partial charge in [0.25, 0.3) is 0 Å². The first-order valence-electron chi connectivity index (χ1n) is 3.52. The molecule has 1 aromatic rings. The van der Waals surface area contributed by atoms with E-state index in [1.807, 2.05) is 0 Å². The van der Waals surface area contributed by atoms with E-state index < -0.39 is 0 Å². The van der Waals surface area contributed by atoms with Crippen LogP contribution in [0.1, 0.15) is 0 Å². The number of halogens is 1. The lowest BCUT2D eigenvalue weighted by Crippen LogP contribution is -1.97. The molecule has 0 aliphatic carbocycles. The second-order valence-corrected chi connectivity index (χ2v) is 2.28. The number of anilines is 1. The number of ether oxygens (including phenoxy) is 1. The van der Waals surface area contributed by atoms with Crippen LogP contribution in [-0.4, -0.2) is 6.61 Å². The molecule has 2 N–H and O–H groups in total. The van der Waals surface area contributed by atoms with Crippen LogP contribution in [0.25, 0.3) is 0 Å². The second-order valence-electron chi connectivity index (χ2n) is 2.28. The lowest BCUT2D eigenvalue weighted by Gasteiger charge is -2.05. The first kappa shape index (κ1) is 8.59. The van der Waals surface area contributed by atoms with Gasteiger partial charge in [-0.25, -0.2) is 4.39 Å². The number of benzene rings is 1. The largest absolute Gasteiger partial charge is 0.487 e. The topological polar surface area (TPSA) is 35.2 Å². The number of nitrogen functional groups attached to an aromatic ring is 1. The summed E-state index contributed by atoms with van der Waals surface area (Å²) in [5.41, 5.74) is 5.77. The Morgan fingerprint density at radius 1 is 1.58 bits per heavy atom. The smallest absolute Gasteiger partial charge is 0.142 e. The summed E-state index contributed by atoms with van der Waals surface area (Å²) in [7, 11) is 0. The highest BCUT2D eigenvalue weighted by molar-refractivity contribution is 5.52. The average molecular weight is 167 g/mol. The predicted molar refractivity (Wildman–Crippen MR) is 46.5 cm³/mol. The zero-order valence-corrected chi connectivity index (χ0v) is 6.59. The van der Waals surface area contributed by atoms with Gasteiger partial charge in [0, 0.05) is 6.07 Å². The van der Waals surface area contributed by atoms with E-state index in [1.165, 1.54) is 18.2 Å². The van der Waals surface area contributed by atoms with Gasteiger partial charge >= 0.3 is 0 Å². The Balaban J connectivity index is 2.78. The van der Waals surface area contributed by atoms with Gasteiger partial charge in [0.2, 0.25) is 0 Å². The van der Waals surface area contributed by atoms with E-state index in [2.05, 4.69) is 6.58 Å². The molecule has 0 aliphatic heterocycles. The van der Waals surface area contributed by atoms with E-state index in [1.54, 1.807) is 6.08 Å². The maximum Gasteiger partial charge on any atom is 0.142 e. The number of rotatable bonds is 3. The van der Waals surface area contributed by atoms with Crippen molar-refractivity contribution < 1.29 is 9.13 Å². The van der Waals surface area contributed by atoms with Gasteiger partial charge in [0.05, 0.1) is 5.69 Å². The Labute approximate surface area is 70.5 Å². The second kappa shape index (κ2) is 3.76. The number of hydrogen-bond acceptors (Lipinski definition) is 2. The van der Waals surface area contributed by atoms with Gasteiger partial charge in [-0.1, -0.05) is 12.7 Å². The molecule has 0 aliphatic rings. The zero-order valence-electron chi connectivity index (χ0n) is 6.59. The van der Waals surface area contributed by atoms with E-state index >= 15 is 0 Å². The van der Waals surface area contributed by atoms with Gasteiger partial charge in [-0.3, -0.25) is 0 Å². The predicted octanol–water partition coefficient (Wildman–Crippen LogP) is 1.97. The van der Waals surface area contributed by atoms with Gasteiger partial charge < -0.3 is 10.5 Å². The highest BCUT2D eigenvalue weighted by atomic mass is 19.1. The highest BCUT2D eigenvalue weighted by Crippen LogP contribution is 2.21. The number of nitrogens with two attached hydrogens (primary N) is 1.